The second-order valence-electron chi connectivity index (χ2n) is 4.74. The Bertz CT molecular complexity index is 645. The summed E-state index contributed by atoms with van der Waals surface area (Å²) in [6, 6.07) is 7.59. The van der Waals surface area contributed by atoms with Gasteiger partial charge < -0.3 is 10.1 Å². The van der Waals surface area contributed by atoms with E-state index in [1.54, 1.807) is 31.3 Å². The summed E-state index contributed by atoms with van der Waals surface area (Å²) < 4.78 is 40.6. The highest BCUT2D eigenvalue weighted by Crippen LogP contribution is 2.17. The van der Waals surface area contributed by atoms with E-state index >= 15 is 0 Å². The van der Waals surface area contributed by atoms with Gasteiger partial charge in [0.25, 0.3) is 5.91 Å². The van der Waals surface area contributed by atoms with E-state index in [9.17, 15) is 18.0 Å². The van der Waals surface area contributed by atoms with Crippen molar-refractivity contribution in [1.82, 2.24) is 15.3 Å². The Balaban J connectivity index is 1.95. The van der Waals surface area contributed by atoms with E-state index in [0.717, 1.165) is 6.20 Å². The number of nitrogens with one attached hydrogen (secondary N) is 1. The monoisotopic (exact) mass is 325 g/mol. The van der Waals surface area contributed by atoms with Gasteiger partial charge in [-0.3, -0.25) is 9.78 Å². The smallest absolute Gasteiger partial charge is 0.422 e. The van der Waals surface area contributed by atoms with E-state index in [1.807, 2.05) is 0 Å². The van der Waals surface area contributed by atoms with Gasteiger partial charge in [0, 0.05) is 18.5 Å². The highest BCUT2D eigenvalue weighted by molar-refractivity contribution is 5.94. The highest BCUT2D eigenvalue weighted by Gasteiger charge is 2.28. The molecule has 0 saturated carbocycles. The number of rotatable bonds is 5. The minimum absolute atomic E-state index is 0.198. The minimum Gasteiger partial charge on any atom is -0.468 e. The summed E-state index contributed by atoms with van der Waals surface area (Å²) >= 11 is 0. The minimum atomic E-state index is -4.43. The average Bonchev–Trinajstić information content (AvgIpc) is 2.53. The predicted molar refractivity (Wildman–Crippen MR) is 75.9 cm³/mol. The van der Waals surface area contributed by atoms with Crippen LogP contribution in [0.3, 0.4) is 0 Å². The van der Waals surface area contributed by atoms with Crippen molar-refractivity contribution < 1.29 is 22.7 Å². The summed E-state index contributed by atoms with van der Waals surface area (Å²) in [6.07, 6.45) is -1.66. The molecule has 0 spiro atoms. The van der Waals surface area contributed by atoms with E-state index in [-0.39, 0.29) is 17.5 Å². The van der Waals surface area contributed by atoms with Gasteiger partial charge in [-0.1, -0.05) is 6.07 Å². The Morgan fingerprint density at radius 1 is 1.26 bits per heavy atom. The SMILES string of the molecule is C[C@@H](NC(=O)c1ccc(OCC(F)(F)F)nc1)c1ccccn1. The van der Waals surface area contributed by atoms with Crippen molar-refractivity contribution >= 4 is 5.91 Å². The molecule has 8 heteroatoms. The maximum atomic E-state index is 12.1. The predicted octanol–water partition coefficient (Wildman–Crippen LogP) is 2.91. The van der Waals surface area contributed by atoms with Crippen LogP contribution < -0.4 is 10.1 Å². The first-order chi connectivity index (χ1) is 10.8. The van der Waals surface area contributed by atoms with E-state index in [0.29, 0.717) is 5.69 Å². The number of amides is 1. The molecule has 2 aromatic heterocycles. The van der Waals surface area contributed by atoms with E-state index < -0.39 is 18.7 Å². The van der Waals surface area contributed by atoms with Crippen molar-refractivity contribution in [1.29, 1.82) is 0 Å². The first-order valence-corrected chi connectivity index (χ1v) is 6.72. The standard InChI is InChI=1S/C15H14F3N3O2/c1-10(12-4-2-3-7-19-12)21-14(22)11-5-6-13(20-8-11)23-9-15(16,17)18/h2-8,10H,9H2,1H3,(H,21,22)/t10-/m1/s1. The van der Waals surface area contributed by atoms with Crippen LogP contribution in [-0.4, -0.2) is 28.7 Å². The molecule has 1 atom stereocenters. The third kappa shape index (κ3) is 5.24. The second-order valence-corrected chi connectivity index (χ2v) is 4.74. The molecule has 0 aliphatic rings. The summed E-state index contributed by atoms with van der Waals surface area (Å²) in [6.45, 7) is 0.344. The largest absolute Gasteiger partial charge is 0.468 e. The molecule has 0 aliphatic heterocycles. The van der Waals surface area contributed by atoms with Gasteiger partial charge in [-0.05, 0) is 25.1 Å². The average molecular weight is 325 g/mol. The van der Waals surface area contributed by atoms with Gasteiger partial charge >= 0.3 is 6.18 Å². The lowest BCUT2D eigenvalue weighted by Gasteiger charge is -2.13. The molecular weight excluding hydrogens is 311 g/mol. The molecule has 122 valence electrons. The number of carbonyl (C=O) groups is 1. The zero-order chi connectivity index (χ0) is 16.9. The van der Waals surface area contributed by atoms with Crippen molar-refractivity contribution in [3.63, 3.8) is 0 Å². The third-order valence-corrected chi connectivity index (χ3v) is 2.86. The van der Waals surface area contributed by atoms with Crippen LogP contribution in [0.15, 0.2) is 42.7 Å². The fourth-order valence-corrected chi connectivity index (χ4v) is 1.74. The summed E-state index contributed by atoms with van der Waals surface area (Å²) in [7, 11) is 0. The number of hydrogen-bond acceptors (Lipinski definition) is 4. The molecule has 2 aromatic rings. The van der Waals surface area contributed by atoms with Crippen LogP contribution in [0.25, 0.3) is 0 Å². The quantitative estimate of drug-likeness (QED) is 0.918. The Morgan fingerprint density at radius 2 is 2.04 bits per heavy atom. The molecule has 0 fully saturated rings. The van der Waals surface area contributed by atoms with Gasteiger partial charge in [-0.25, -0.2) is 4.98 Å². The molecule has 23 heavy (non-hydrogen) atoms. The van der Waals surface area contributed by atoms with Gasteiger partial charge in [0.1, 0.15) is 0 Å². The van der Waals surface area contributed by atoms with E-state index in [2.05, 4.69) is 20.0 Å². The highest BCUT2D eigenvalue weighted by atomic mass is 19.4. The van der Waals surface area contributed by atoms with Crippen molar-refractivity contribution in [2.75, 3.05) is 6.61 Å². The van der Waals surface area contributed by atoms with Crippen molar-refractivity contribution in [3.8, 4) is 5.88 Å². The molecule has 5 nitrogen and oxygen atoms in total. The first-order valence-electron chi connectivity index (χ1n) is 6.72. The van der Waals surface area contributed by atoms with Crippen molar-refractivity contribution in [3.05, 3.63) is 54.0 Å². The van der Waals surface area contributed by atoms with Crippen LogP contribution in [0, 0.1) is 0 Å². The number of alkyl halides is 3. The molecule has 0 aliphatic carbocycles. The van der Waals surface area contributed by atoms with Gasteiger partial charge in [-0.15, -0.1) is 0 Å². The van der Waals surface area contributed by atoms with E-state index in [4.69, 9.17) is 0 Å². The Hall–Kier alpha value is -2.64. The number of aromatic nitrogens is 2. The molecule has 2 rings (SSSR count). The Labute approximate surface area is 130 Å². The normalized spacial score (nSPS) is 12.5. The van der Waals surface area contributed by atoms with Crippen LogP contribution >= 0.6 is 0 Å². The summed E-state index contributed by atoms with van der Waals surface area (Å²) in [5.74, 6) is -0.602. The van der Waals surface area contributed by atoms with Gasteiger partial charge in [-0.2, -0.15) is 13.2 Å². The molecule has 0 aromatic carbocycles. The fraction of sp³-hybridized carbons (Fsp3) is 0.267. The van der Waals surface area contributed by atoms with Crippen LogP contribution in [0.1, 0.15) is 29.0 Å². The number of ether oxygens (including phenoxy) is 1. The lowest BCUT2D eigenvalue weighted by Crippen LogP contribution is -2.27. The summed E-state index contributed by atoms with van der Waals surface area (Å²) in [5, 5.41) is 2.73. The van der Waals surface area contributed by atoms with Gasteiger partial charge in [0.05, 0.1) is 17.3 Å². The first kappa shape index (κ1) is 16.7. The number of carbonyl (C=O) groups excluding carboxylic acids is 1. The zero-order valence-corrected chi connectivity index (χ0v) is 12.2. The summed E-state index contributed by atoms with van der Waals surface area (Å²) in [4.78, 5) is 19.9. The van der Waals surface area contributed by atoms with Crippen LogP contribution in [-0.2, 0) is 0 Å². The molecule has 2 heterocycles. The molecule has 0 saturated heterocycles. The number of halogens is 3. The van der Waals surface area contributed by atoms with Gasteiger partial charge in [0.2, 0.25) is 5.88 Å². The maximum Gasteiger partial charge on any atom is 0.422 e. The van der Waals surface area contributed by atoms with Crippen LogP contribution in [0.4, 0.5) is 13.2 Å². The molecule has 0 bridgehead atoms. The Kier molecular flexibility index (Phi) is 5.15. The number of nitrogens with zero attached hydrogens (tertiary/aromatic N) is 2. The molecule has 0 radical (unpaired) electrons. The fourth-order valence-electron chi connectivity index (χ4n) is 1.74. The number of pyridine rings is 2. The zero-order valence-electron chi connectivity index (χ0n) is 12.2. The summed E-state index contributed by atoms with van der Waals surface area (Å²) in [5.41, 5.74) is 0.908. The lowest BCUT2D eigenvalue weighted by atomic mass is 10.2. The van der Waals surface area contributed by atoms with E-state index in [1.165, 1.54) is 12.1 Å². The second kappa shape index (κ2) is 7.08. The van der Waals surface area contributed by atoms with Gasteiger partial charge in [0.15, 0.2) is 6.61 Å². The maximum absolute atomic E-state index is 12.1. The van der Waals surface area contributed by atoms with Crippen molar-refractivity contribution in [2.24, 2.45) is 0 Å². The number of hydrogen-bond donors (Lipinski definition) is 1. The molecule has 1 amide bonds. The third-order valence-electron chi connectivity index (χ3n) is 2.86. The van der Waals surface area contributed by atoms with Crippen molar-refractivity contribution in [2.45, 2.75) is 19.1 Å². The molecular formula is C15H14F3N3O2. The lowest BCUT2D eigenvalue weighted by molar-refractivity contribution is -0.154. The molecule has 0 unspecified atom stereocenters. The topological polar surface area (TPSA) is 64.1 Å². The van der Waals surface area contributed by atoms with Crippen LogP contribution in [0.5, 0.6) is 5.88 Å². The van der Waals surface area contributed by atoms with Crippen LogP contribution in [0.2, 0.25) is 0 Å². The molecule has 1 N–H and O–H groups in total. The Morgan fingerprint density at radius 3 is 2.61 bits per heavy atom.